The smallest absolute Gasteiger partial charge is 0.138 e. The van der Waals surface area contributed by atoms with Crippen LogP contribution in [0.25, 0.3) is 0 Å². The van der Waals surface area contributed by atoms with E-state index in [2.05, 4.69) is 0 Å². The highest BCUT2D eigenvalue weighted by atomic mass is 35.5. The highest BCUT2D eigenvalue weighted by Crippen LogP contribution is 2.45. The van der Waals surface area contributed by atoms with Gasteiger partial charge in [0.15, 0.2) is 0 Å². The lowest BCUT2D eigenvalue weighted by Gasteiger charge is -2.13. The molecule has 0 spiro atoms. The van der Waals surface area contributed by atoms with Crippen molar-refractivity contribution < 1.29 is 14.6 Å². The number of benzene rings is 2. The van der Waals surface area contributed by atoms with E-state index in [0.29, 0.717) is 17.2 Å². The first-order valence-electron chi connectivity index (χ1n) is 6.52. The summed E-state index contributed by atoms with van der Waals surface area (Å²) in [7, 11) is 3.23. The second-order valence-corrected chi connectivity index (χ2v) is 6.31. The third kappa shape index (κ3) is 2.71. The highest BCUT2D eigenvalue weighted by Gasteiger charge is 2.23. The molecule has 1 heterocycles. The maximum absolute atomic E-state index is 10.5. The van der Waals surface area contributed by atoms with E-state index in [-0.39, 0.29) is 0 Å². The summed E-state index contributed by atoms with van der Waals surface area (Å²) in [5.41, 5.74) is 1.93. The van der Waals surface area contributed by atoms with Crippen LogP contribution in [0.15, 0.2) is 40.1 Å². The van der Waals surface area contributed by atoms with Crippen molar-refractivity contribution in [3.8, 4) is 11.5 Å². The summed E-state index contributed by atoms with van der Waals surface area (Å²) >= 11 is 7.77. The van der Waals surface area contributed by atoms with E-state index >= 15 is 0 Å². The Hall–Kier alpha value is -1.36. The van der Waals surface area contributed by atoms with Gasteiger partial charge in [0.05, 0.1) is 25.3 Å². The lowest BCUT2D eigenvalue weighted by atomic mass is 10.0. The molecule has 3 rings (SSSR count). The molecule has 1 aliphatic rings. The van der Waals surface area contributed by atoms with Crippen LogP contribution in [0, 0.1) is 0 Å². The Kier molecular flexibility index (Phi) is 4.02. The van der Waals surface area contributed by atoms with Crippen molar-refractivity contribution in [2.24, 2.45) is 0 Å². The zero-order chi connectivity index (χ0) is 15.0. The van der Waals surface area contributed by atoms with E-state index in [1.807, 2.05) is 24.3 Å². The first-order chi connectivity index (χ1) is 10.1. The monoisotopic (exact) mass is 322 g/mol. The molecule has 1 aliphatic heterocycles. The Morgan fingerprint density at radius 3 is 2.67 bits per heavy atom. The van der Waals surface area contributed by atoms with E-state index in [4.69, 9.17) is 21.1 Å². The van der Waals surface area contributed by atoms with E-state index in [0.717, 1.165) is 26.7 Å². The van der Waals surface area contributed by atoms with Crippen LogP contribution in [0.1, 0.15) is 17.2 Å². The highest BCUT2D eigenvalue weighted by molar-refractivity contribution is 7.99. The zero-order valence-corrected chi connectivity index (χ0v) is 13.3. The Morgan fingerprint density at radius 2 is 1.95 bits per heavy atom. The quantitative estimate of drug-likeness (QED) is 0.903. The lowest BCUT2D eigenvalue weighted by Crippen LogP contribution is -2.02. The molecule has 0 saturated carbocycles. The zero-order valence-electron chi connectivity index (χ0n) is 11.7. The van der Waals surface area contributed by atoms with Crippen LogP contribution in [0.3, 0.4) is 0 Å². The van der Waals surface area contributed by atoms with Gasteiger partial charge in [-0.05, 0) is 35.4 Å². The minimum Gasteiger partial charge on any atom is -0.497 e. The average Bonchev–Trinajstić information content (AvgIpc) is 2.62. The molecule has 1 unspecified atom stereocenters. The van der Waals surface area contributed by atoms with E-state index < -0.39 is 6.10 Å². The van der Waals surface area contributed by atoms with Gasteiger partial charge in [-0.1, -0.05) is 29.4 Å². The van der Waals surface area contributed by atoms with Gasteiger partial charge in [-0.2, -0.15) is 0 Å². The fourth-order valence-corrected chi connectivity index (χ4v) is 3.84. The summed E-state index contributed by atoms with van der Waals surface area (Å²) in [4.78, 5) is 2.03. The number of ether oxygens (including phenoxy) is 2. The molecule has 2 aromatic carbocycles. The summed E-state index contributed by atoms with van der Waals surface area (Å²) in [5.74, 6) is 1.42. The van der Waals surface area contributed by atoms with Gasteiger partial charge in [-0.15, -0.1) is 0 Å². The number of halogens is 1. The first kappa shape index (κ1) is 14.6. The number of hydrogen-bond acceptors (Lipinski definition) is 4. The molecule has 1 atom stereocenters. The first-order valence-corrected chi connectivity index (χ1v) is 7.72. The molecule has 110 valence electrons. The Labute approximate surface area is 132 Å². The standard InChI is InChI=1S/C16H15ClO3S/c1-19-10-4-3-9-5-13(18)11-7-12(17)14(20-2)8-16(11)21-15(9)6-10/h3-4,6-8,13,18H,5H2,1-2H3. The fourth-order valence-electron chi connectivity index (χ4n) is 2.42. The van der Waals surface area contributed by atoms with Crippen LogP contribution < -0.4 is 9.47 Å². The summed E-state index contributed by atoms with van der Waals surface area (Å²) < 4.78 is 10.5. The number of aliphatic hydroxyl groups is 1. The molecule has 0 saturated heterocycles. The second kappa shape index (κ2) is 5.79. The molecule has 0 fully saturated rings. The van der Waals surface area contributed by atoms with Gasteiger partial charge >= 0.3 is 0 Å². The van der Waals surface area contributed by atoms with Gasteiger partial charge in [0, 0.05) is 16.2 Å². The fraction of sp³-hybridized carbons (Fsp3) is 0.250. The maximum Gasteiger partial charge on any atom is 0.138 e. The summed E-state index contributed by atoms with van der Waals surface area (Å²) in [6, 6.07) is 9.56. The number of hydrogen-bond donors (Lipinski definition) is 1. The maximum atomic E-state index is 10.5. The number of methoxy groups -OCH3 is 2. The average molecular weight is 323 g/mol. The Morgan fingerprint density at radius 1 is 1.14 bits per heavy atom. The third-order valence-electron chi connectivity index (χ3n) is 3.55. The molecule has 0 amide bonds. The SMILES string of the molecule is COc1ccc2c(c1)Sc1cc(OC)c(Cl)cc1C(O)C2. The molecule has 0 bridgehead atoms. The molecule has 2 aromatic rings. The van der Waals surface area contributed by atoms with Crippen LogP contribution in [0.5, 0.6) is 11.5 Å². The van der Waals surface area contributed by atoms with Crippen molar-refractivity contribution in [2.45, 2.75) is 22.3 Å². The largest absolute Gasteiger partial charge is 0.497 e. The Balaban J connectivity index is 2.12. The van der Waals surface area contributed by atoms with Crippen molar-refractivity contribution in [3.05, 3.63) is 46.5 Å². The molecule has 0 radical (unpaired) electrons. The van der Waals surface area contributed by atoms with Crippen LogP contribution >= 0.6 is 23.4 Å². The van der Waals surface area contributed by atoms with Crippen LogP contribution in [0.4, 0.5) is 0 Å². The lowest BCUT2D eigenvalue weighted by molar-refractivity contribution is 0.175. The molecule has 21 heavy (non-hydrogen) atoms. The second-order valence-electron chi connectivity index (χ2n) is 4.82. The van der Waals surface area contributed by atoms with Gasteiger partial charge in [-0.25, -0.2) is 0 Å². The Bertz CT molecular complexity index is 687. The topological polar surface area (TPSA) is 38.7 Å². The van der Waals surface area contributed by atoms with Crippen molar-refractivity contribution >= 4 is 23.4 Å². The van der Waals surface area contributed by atoms with E-state index in [1.54, 1.807) is 32.0 Å². The van der Waals surface area contributed by atoms with Gasteiger partial charge in [-0.3, -0.25) is 0 Å². The summed E-state index contributed by atoms with van der Waals surface area (Å²) in [5, 5.41) is 11.0. The molecular formula is C16H15ClO3S. The molecule has 3 nitrogen and oxygen atoms in total. The number of rotatable bonds is 2. The van der Waals surface area contributed by atoms with Crippen LogP contribution in [-0.2, 0) is 6.42 Å². The van der Waals surface area contributed by atoms with Crippen molar-refractivity contribution in [3.63, 3.8) is 0 Å². The number of fused-ring (bicyclic) bond motifs is 2. The van der Waals surface area contributed by atoms with Gasteiger partial charge in [0.1, 0.15) is 11.5 Å². The molecule has 0 aliphatic carbocycles. The third-order valence-corrected chi connectivity index (χ3v) is 5.02. The van der Waals surface area contributed by atoms with Crippen molar-refractivity contribution in [1.82, 2.24) is 0 Å². The van der Waals surface area contributed by atoms with Gasteiger partial charge < -0.3 is 14.6 Å². The predicted molar refractivity (Wildman–Crippen MR) is 83.8 cm³/mol. The molecular weight excluding hydrogens is 308 g/mol. The van der Waals surface area contributed by atoms with E-state index in [9.17, 15) is 5.11 Å². The minimum absolute atomic E-state index is 0.513. The summed E-state index contributed by atoms with van der Waals surface area (Å²) in [6.45, 7) is 0. The minimum atomic E-state index is -0.578. The van der Waals surface area contributed by atoms with Gasteiger partial charge in [0.25, 0.3) is 0 Å². The van der Waals surface area contributed by atoms with Crippen LogP contribution in [-0.4, -0.2) is 19.3 Å². The summed E-state index contributed by atoms with van der Waals surface area (Å²) in [6.07, 6.45) is -0.0207. The molecule has 1 N–H and O–H groups in total. The van der Waals surface area contributed by atoms with Crippen molar-refractivity contribution in [2.75, 3.05) is 14.2 Å². The van der Waals surface area contributed by atoms with E-state index in [1.165, 1.54) is 0 Å². The van der Waals surface area contributed by atoms with Crippen molar-refractivity contribution in [1.29, 1.82) is 0 Å². The molecule has 5 heteroatoms. The normalized spacial score (nSPS) is 16.7. The van der Waals surface area contributed by atoms with Gasteiger partial charge in [0.2, 0.25) is 0 Å². The van der Waals surface area contributed by atoms with Crippen LogP contribution in [0.2, 0.25) is 5.02 Å². The predicted octanol–water partition coefficient (Wildman–Crippen LogP) is 4.10. The molecule has 0 aromatic heterocycles. The number of aliphatic hydroxyl groups excluding tert-OH is 1.